The zero-order valence-electron chi connectivity index (χ0n) is 16.8. The number of nitrogens with zero attached hydrogens (tertiary/aromatic N) is 3. The SMILES string of the molecule is Cc1c(C)n(CCC(C)C)c2c(N(C)Cc3ccc(F)cc3)nccc12.Cl. The van der Waals surface area contributed by atoms with Crippen LogP contribution in [0.2, 0.25) is 0 Å². The number of pyridine rings is 1. The van der Waals surface area contributed by atoms with E-state index in [0.717, 1.165) is 24.3 Å². The number of hydrogen-bond acceptors (Lipinski definition) is 2. The second-order valence-electron chi connectivity index (χ2n) is 7.56. The van der Waals surface area contributed by atoms with Crippen molar-refractivity contribution in [2.45, 2.75) is 47.2 Å². The molecule has 0 atom stereocenters. The van der Waals surface area contributed by atoms with E-state index in [9.17, 15) is 4.39 Å². The van der Waals surface area contributed by atoms with Crippen LogP contribution in [0.5, 0.6) is 0 Å². The maximum Gasteiger partial charge on any atom is 0.153 e. The lowest BCUT2D eigenvalue weighted by Crippen LogP contribution is -2.19. The van der Waals surface area contributed by atoms with Crippen LogP contribution < -0.4 is 4.90 Å². The van der Waals surface area contributed by atoms with Gasteiger partial charge in [-0.3, -0.25) is 0 Å². The van der Waals surface area contributed by atoms with Crippen LogP contribution in [0.25, 0.3) is 10.9 Å². The first-order valence-electron chi connectivity index (χ1n) is 9.28. The molecule has 2 aromatic heterocycles. The minimum Gasteiger partial charge on any atom is -0.354 e. The number of hydrogen-bond donors (Lipinski definition) is 0. The van der Waals surface area contributed by atoms with Crippen LogP contribution in [0.4, 0.5) is 10.2 Å². The van der Waals surface area contributed by atoms with E-state index in [-0.39, 0.29) is 18.2 Å². The highest BCUT2D eigenvalue weighted by Crippen LogP contribution is 2.32. The molecule has 2 heterocycles. The van der Waals surface area contributed by atoms with Gasteiger partial charge in [-0.25, -0.2) is 9.37 Å². The molecule has 0 saturated carbocycles. The number of benzene rings is 1. The normalized spacial score (nSPS) is 11.1. The van der Waals surface area contributed by atoms with Gasteiger partial charge in [0.05, 0.1) is 5.52 Å². The van der Waals surface area contributed by atoms with Crippen LogP contribution in [0.15, 0.2) is 36.5 Å². The van der Waals surface area contributed by atoms with Crippen LogP contribution in [0.3, 0.4) is 0 Å². The lowest BCUT2D eigenvalue weighted by molar-refractivity contribution is 0.519. The third-order valence-corrected chi connectivity index (χ3v) is 5.15. The molecule has 0 amide bonds. The Balaban J connectivity index is 0.00000261. The lowest BCUT2D eigenvalue weighted by atomic mass is 10.1. The number of anilines is 1. The van der Waals surface area contributed by atoms with Crippen molar-refractivity contribution in [2.75, 3.05) is 11.9 Å². The summed E-state index contributed by atoms with van der Waals surface area (Å²) in [7, 11) is 2.05. The second kappa shape index (κ2) is 8.75. The molecule has 0 saturated heterocycles. The summed E-state index contributed by atoms with van der Waals surface area (Å²) in [4.78, 5) is 6.85. The van der Waals surface area contributed by atoms with Crippen molar-refractivity contribution >= 4 is 29.1 Å². The Morgan fingerprint density at radius 3 is 2.41 bits per heavy atom. The molecule has 0 fully saturated rings. The minimum atomic E-state index is -0.203. The molecular formula is C22H29ClFN3. The minimum absolute atomic E-state index is 0. The second-order valence-corrected chi connectivity index (χ2v) is 7.56. The van der Waals surface area contributed by atoms with Gasteiger partial charge in [0.25, 0.3) is 0 Å². The van der Waals surface area contributed by atoms with Gasteiger partial charge >= 0.3 is 0 Å². The van der Waals surface area contributed by atoms with Crippen LogP contribution in [0, 0.1) is 25.6 Å². The van der Waals surface area contributed by atoms with Crippen molar-refractivity contribution in [3.63, 3.8) is 0 Å². The Hall–Kier alpha value is -2.07. The van der Waals surface area contributed by atoms with Crippen molar-refractivity contribution in [3.05, 3.63) is 59.2 Å². The van der Waals surface area contributed by atoms with Crippen LogP contribution in [0.1, 0.15) is 37.1 Å². The van der Waals surface area contributed by atoms with Crippen molar-refractivity contribution < 1.29 is 4.39 Å². The smallest absolute Gasteiger partial charge is 0.153 e. The van der Waals surface area contributed by atoms with Gasteiger partial charge in [-0.1, -0.05) is 26.0 Å². The zero-order valence-corrected chi connectivity index (χ0v) is 17.6. The predicted octanol–water partition coefficient (Wildman–Crippen LogP) is 5.90. The van der Waals surface area contributed by atoms with Crippen molar-refractivity contribution in [1.29, 1.82) is 0 Å². The lowest BCUT2D eigenvalue weighted by Gasteiger charge is -2.21. The summed E-state index contributed by atoms with van der Waals surface area (Å²) < 4.78 is 15.6. The van der Waals surface area contributed by atoms with Crippen LogP contribution in [-0.2, 0) is 13.1 Å². The summed E-state index contributed by atoms with van der Waals surface area (Å²) in [5, 5.41) is 1.27. The number of aromatic nitrogens is 2. The summed E-state index contributed by atoms with van der Waals surface area (Å²) in [6.07, 6.45) is 3.03. The highest BCUT2D eigenvalue weighted by atomic mass is 35.5. The molecule has 0 bridgehead atoms. The first kappa shape index (κ1) is 21.2. The molecule has 0 aliphatic rings. The molecule has 1 aromatic carbocycles. The van der Waals surface area contributed by atoms with Crippen molar-refractivity contribution in [2.24, 2.45) is 5.92 Å². The summed E-state index contributed by atoms with van der Waals surface area (Å²) in [5.41, 5.74) is 4.90. The fraction of sp³-hybridized carbons (Fsp3) is 0.409. The maximum absolute atomic E-state index is 13.2. The molecule has 146 valence electrons. The Morgan fingerprint density at radius 1 is 1.11 bits per heavy atom. The van der Waals surface area contributed by atoms with E-state index in [1.807, 2.05) is 18.3 Å². The number of rotatable bonds is 6. The third-order valence-electron chi connectivity index (χ3n) is 5.15. The maximum atomic E-state index is 13.2. The summed E-state index contributed by atoms with van der Waals surface area (Å²) >= 11 is 0. The average Bonchev–Trinajstić information content (AvgIpc) is 2.86. The fourth-order valence-electron chi connectivity index (χ4n) is 3.46. The Kier molecular flexibility index (Phi) is 6.88. The molecule has 0 unspecified atom stereocenters. The van der Waals surface area contributed by atoms with Gasteiger partial charge in [0.1, 0.15) is 5.82 Å². The van der Waals surface area contributed by atoms with Gasteiger partial charge in [0.15, 0.2) is 5.82 Å². The third kappa shape index (κ3) is 4.44. The molecule has 0 aliphatic carbocycles. The van der Waals surface area contributed by atoms with E-state index >= 15 is 0 Å². The van der Waals surface area contributed by atoms with E-state index in [2.05, 4.69) is 50.3 Å². The monoisotopic (exact) mass is 389 g/mol. The number of aryl methyl sites for hydroxylation is 2. The number of fused-ring (bicyclic) bond motifs is 1. The molecule has 0 aliphatic heterocycles. The van der Waals surface area contributed by atoms with Crippen LogP contribution in [-0.4, -0.2) is 16.6 Å². The highest BCUT2D eigenvalue weighted by molar-refractivity contribution is 5.93. The predicted molar refractivity (Wildman–Crippen MR) is 114 cm³/mol. The van der Waals surface area contributed by atoms with E-state index in [1.54, 1.807) is 0 Å². The molecule has 0 spiro atoms. The largest absolute Gasteiger partial charge is 0.354 e. The van der Waals surface area contributed by atoms with Gasteiger partial charge in [-0.2, -0.15) is 0 Å². The molecular weight excluding hydrogens is 361 g/mol. The molecule has 5 heteroatoms. The fourth-order valence-corrected chi connectivity index (χ4v) is 3.46. The molecule has 27 heavy (non-hydrogen) atoms. The Labute approximate surface area is 167 Å². The Morgan fingerprint density at radius 2 is 1.78 bits per heavy atom. The topological polar surface area (TPSA) is 21.1 Å². The standard InChI is InChI=1S/C22H28FN3.ClH/c1-15(2)11-13-26-17(4)16(3)20-10-12-24-22(21(20)26)25(5)14-18-6-8-19(23)9-7-18;/h6-10,12,15H,11,13-14H2,1-5H3;1H. The first-order valence-corrected chi connectivity index (χ1v) is 9.28. The van der Waals surface area contributed by atoms with E-state index < -0.39 is 0 Å². The average molecular weight is 390 g/mol. The van der Waals surface area contributed by atoms with Crippen LogP contribution >= 0.6 is 12.4 Å². The molecule has 3 aromatic rings. The van der Waals surface area contributed by atoms with Gasteiger partial charge in [-0.05, 0) is 55.5 Å². The highest BCUT2D eigenvalue weighted by Gasteiger charge is 2.17. The molecule has 3 rings (SSSR count). The van der Waals surface area contributed by atoms with Crippen molar-refractivity contribution in [1.82, 2.24) is 9.55 Å². The number of halogens is 2. The van der Waals surface area contributed by atoms with E-state index in [4.69, 9.17) is 4.98 Å². The summed E-state index contributed by atoms with van der Waals surface area (Å²) in [5.74, 6) is 1.43. The summed E-state index contributed by atoms with van der Waals surface area (Å²) in [6.45, 7) is 10.6. The molecule has 0 radical (unpaired) electrons. The summed E-state index contributed by atoms with van der Waals surface area (Å²) in [6, 6.07) is 8.80. The van der Waals surface area contributed by atoms with E-state index in [1.165, 1.54) is 34.3 Å². The zero-order chi connectivity index (χ0) is 18.8. The van der Waals surface area contributed by atoms with Gasteiger partial charge in [-0.15, -0.1) is 12.4 Å². The van der Waals surface area contributed by atoms with Gasteiger partial charge in [0.2, 0.25) is 0 Å². The quantitative estimate of drug-likeness (QED) is 0.523. The van der Waals surface area contributed by atoms with Gasteiger partial charge < -0.3 is 9.47 Å². The first-order chi connectivity index (χ1) is 12.4. The molecule has 0 N–H and O–H groups in total. The molecule has 3 nitrogen and oxygen atoms in total. The van der Waals surface area contributed by atoms with Gasteiger partial charge in [0, 0.05) is 37.4 Å². The van der Waals surface area contributed by atoms with Crippen molar-refractivity contribution in [3.8, 4) is 0 Å². The van der Waals surface area contributed by atoms with E-state index in [0.29, 0.717) is 12.5 Å². The Bertz CT molecular complexity index is 900.